The van der Waals surface area contributed by atoms with E-state index in [2.05, 4.69) is 0 Å². The molecular formula is C13H24N2O2. The van der Waals surface area contributed by atoms with Crippen LogP contribution in [-0.4, -0.2) is 23.7 Å². The molecule has 0 unspecified atom stereocenters. The van der Waals surface area contributed by atoms with Crippen LogP contribution in [0, 0.1) is 17.3 Å². The molecule has 0 aromatic carbocycles. The predicted octanol–water partition coefficient (Wildman–Crippen LogP) is 1.74. The van der Waals surface area contributed by atoms with Gasteiger partial charge in [-0.2, -0.15) is 0 Å². The summed E-state index contributed by atoms with van der Waals surface area (Å²) in [6, 6.07) is 0. The van der Waals surface area contributed by atoms with E-state index in [1.165, 1.54) is 0 Å². The Bertz CT molecular complexity index is 305. The minimum atomic E-state index is -0.381. The molecule has 0 spiro atoms. The van der Waals surface area contributed by atoms with E-state index >= 15 is 0 Å². The van der Waals surface area contributed by atoms with Crippen molar-refractivity contribution in [1.29, 1.82) is 0 Å². The number of rotatable bonds is 2. The lowest BCUT2D eigenvalue weighted by atomic mass is 9.70. The lowest BCUT2D eigenvalue weighted by Crippen LogP contribution is -2.45. The summed E-state index contributed by atoms with van der Waals surface area (Å²) in [5.41, 5.74) is -0.381. The van der Waals surface area contributed by atoms with Crippen molar-refractivity contribution < 1.29 is 9.59 Å². The van der Waals surface area contributed by atoms with E-state index in [-0.39, 0.29) is 28.9 Å². The second-order valence-electron chi connectivity index (χ2n) is 6.06. The molecule has 2 atom stereocenters. The molecular weight excluding hydrogens is 216 g/mol. The van der Waals surface area contributed by atoms with Crippen molar-refractivity contribution in [1.82, 2.24) is 5.01 Å². The molecule has 0 aromatic heterocycles. The first-order chi connectivity index (χ1) is 7.75. The quantitative estimate of drug-likeness (QED) is 0.454. The van der Waals surface area contributed by atoms with E-state index < -0.39 is 0 Å². The normalized spacial score (nSPS) is 25.5. The first kappa shape index (κ1) is 14.2. The molecule has 0 radical (unpaired) electrons. The van der Waals surface area contributed by atoms with Crippen LogP contribution in [0.15, 0.2) is 0 Å². The standard InChI is InChI=1S/C13H24N2O2/c1-13(2,3)11(16)9-7-5-6-8-10(9)12(17)15(4)14/h9-10H,5-8,14H2,1-4H3/t9-,10+/m1/s1. The minimum Gasteiger partial charge on any atom is -0.299 e. The van der Waals surface area contributed by atoms with Gasteiger partial charge in [0, 0.05) is 24.3 Å². The van der Waals surface area contributed by atoms with Gasteiger partial charge in [-0.3, -0.25) is 14.6 Å². The van der Waals surface area contributed by atoms with Gasteiger partial charge in [0.2, 0.25) is 5.91 Å². The number of hydrazine groups is 1. The van der Waals surface area contributed by atoms with Crippen LogP contribution in [-0.2, 0) is 9.59 Å². The third kappa shape index (κ3) is 3.28. The van der Waals surface area contributed by atoms with Crippen molar-refractivity contribution in [3.63, 3.8) is 0 Å². The van der Waals surface area contributed by atoms with Crippen LogP contribution in [0.2, 0.25) is 0 Å². The summed E-state index contributed by atoms with van der Waals surface area (Å²) < 4.78 is 0. The molecule has 0 saturated heterocycles. The summed E-state index contributed by atoms with van der Waals surface area (Å²) in [7, 11) is 1.55. The van der Waals surface area contributed by atoms with E-state index in [4.69, 9.17) is 5.84 Å². The average Bonchev–Trinajstić information content (AvgIpc) is 2.25. The van der Waals surface area contributed by atoms with Crippen molar-refractivity contribution in [3.05, 3.63) is 0 Å². The lowest BCUT2D eigenvalue weighted by molar-refractivity contribution is -0.145. The number of ketones is 1. The number of hydrogen-bond donors (Lipinski definition) is 1. The topological polar surface area (TPSA) is 63.4 Å². The van der Waals surface area contributed by atoms with Crippen LogP contribution in [0.3, 0.4) is 0 Å². The Hall–Kier alpha value is -0.900. The Morgan fingerprint density at radius 1 is 1.12 bits per heavy atom. The largest absolute Gasteiger partial charge is 0.299 e. The molecule has 0 heterocycles. The first-order valence-corrected chi connectivity index (χ1v) is 6.31. The number of hydrogen-bond acceptors (Lipinski definition) is 3. The SMILES string of the molecule is CN(N)C(=O)[C@H]1CCCC[C@H]1C(=O)C(C)(C)C. The van der Waals surface area contributed by atoms with Crippen molar-refractivity contribution in [2.45, 2.75) is 46.5 Å². The Morgan fingerprint density at radius 2 is 1.59 bits per heavy atom. The maximum Gasteiger partial charge on any atom is 0.240 e. The fraction of sp³-hybridized carbons (Fsp3) is 0.846. The van der Waals surface area contributed by atoms with Crippen LogP contribution < -0.4 is 5.84 Å². The fourth-order valence-corrected chi connectivity index (χ4v) is 2.56. The average molecular weight is 240 g/mol. The number of nitrogens with two attached hydrogens (primary N) is 1. The number of Topliss-reactive ketones (excluding diaryl/α,β-unsaturated/α-hetero) is 1. The highest BCUT2D eigenvalue weighted by molar-refractivity contribution is 5.91. The number of carbonyl (C=O) groups excluding carboxylic acids is 2. The molecule has 1 rings (SSSR count). The van der Waals surface area contributed by atoms with Gasteiger partial charge in [0.05, 0.1) is 0 Å². The van der Waals surface area contributed by atoms with Gasteiger partial charge in [0.15, 0.2) is 0 Å². The third-order valence-corrected chi connectivity index (χ3v) is 3.51. The molecule has 17 heavy (non-hydrogen) atoms. The second-order valence-corrected chi connectivity index (χ2v) is 6.06. The van der Waals surface area contributed by atoms with Gasteiger partial charge in [-0.1, -0.05) is 33.6 Å². The molecule has 0 aliphatic heterocycles. The number of carbonyl (C=O) groups is 2. The summed E-state index contributed by atoms with van der Waals surface area (Å²) in [4.78, 5) is 24.3. The molecule has 0 bridgehead atoms. The van der Waals surface area contributed by atoms with Crippen molar-refractivity contribution in [3.8, 4) is 0 Å². The van der Waals surface area contributed by atoms with Gasteiger partial charge < -0.3 is 0 Å². The molecule has 4 heteroatoms. The summed E-state index contributed by atoms with van der Waals surface area (Å²) in [5, 5.41) is 1.12. The maximum atomic E-state index is 12.3. The van der Waals surface area contributed by atoms with Gasteiger partial charge in [0.25, 0.3) is 0 Å². The fourth-order valence-electron chi connectivity index (χ4n) is 2.56. The second kappa shape index (κ2) is 5.17. The van der Waals surface area contributed by atoms with E-state index in [0.29, 0.717) is 0 Å². The molecule has 4 nitrogen and oxygen atoms in total. The lowest BCUT2D eigenvalue weighted by Gasteiger charge is -2.34. The Morgan fingerprint density at radius 3 is 2.00 bits per heavy atom. The molecule has 2 N–H and O–H groups in total. The molecule has 1 saturated carbocycles. The summed E-state index contributed by atoms with van der Waals surface area (Å²) in [6.45, 7) is 5.74. The summed E-state index contributed by atoms with van der Waals surface area (Å²) in [5.74, 6) is 5.23. The van der Waals surface area contributed by atoms with Gasteiger partial charge in [-0.05, 0) is 12.8 Å². The molecule has 0 aromatic rings. The van der Waals surface area contributed by atoms with Crippen LogP contribution in [0.5, 0.6) is 0 Å². The highest BCUT2D eigenvalue weighted by atomic mass is 16.2. The van der Waals surface area contributed by atoms with Crippen molar-refractivity contribution in [2.24, 2.45) is 23.1 Å². The van der Waals surface area contributed by atoms with Gasteiger partial charge in [-0.15, -0.1) is 0 Å². The highest BCUT2D eigenvalue weighted by Gasteiger charge is 2.40. The Labute approximate surface area is 104 Å². The smallest absolute Gasteiger partial charge is 0.240 e. The van der Waals surface area contributed by atoms with Gasteiger partial charge in [-0.25, -0.2) is 5.84 Å². The molecule has 1 aliphatic rings. The van der Waals surface area contributed by atoms with E-state index in [1.807, 2.05) is 20.8 Å². The molecule has 98 valence electrons. The van der Waals surface area contributed by atoms with Crippen molar-refractivity contribution >= 4 is 11.7 Å². The van der Waals surface area contributed by atoms with Crippen LogP contribution >= 0.6 is 0 Å². The minimum absolute atomic E-state index is 0.104. The van der Waals surface area contributed by atoms with Crippen molar-refractivity contribution in [2.75, 3.05) is 7.05 Å². The maximum absolute atomic E-state index is 12.3. The van der Waals surface area contributed by atoms with Gasteiger partial charge in [0.1, 0.15) is 5.78 Å². The van der Waals surface area contributed by atoms with E-state index in [9.17, 15) is 9.59 Å². The van der Waals surface area contributed by atoms with E-state index in [1.54, 1.807) is 7.05 Å². The van der Waals surface area contributed by atoms with Gasteiger partial charge >= 0.3 is 0 Å². The van der Waals surface area contributed by atoms with E-state index in [0.717, 1.165) is 30.7 Å². The zero-order valence-electron chi connectivity index (χ0n) is 11.3. The zero-order chi connectivity index (χ0) is 13.2. The van der Waals surface area contributed by atoms with Crippen LogP contribution in [0.1, 0.15) is 46.5 Å². The number of nitrogens with zero attached hydrogens (tertiary/aromatic N) is 1. The Balaban J connectivity index is 2.87. The van der Waals surface area contributed by atoms with Crippen LogP contribution in [0.25, 0.3) is 0 Å². The molecule has 1 aliphatic carbocycles. The molecule has 1 fully saturated rings. The molecule has 1 amide bonds. The van der Waals surface area contributed by atoms with Crippen LogP contribution in [0.4, 0.5) is 0 Å². The zero-order valence-corrected chi connectivity index (χ0v) is 11.3. The number of amides is 1. The summed E-state index contributed by atoms with van der Waals surface area (Å²) in [6.07, 6.45) is 3.65. The first-order valence-electron chi connectivity index (χ1n) is 6.31. The highest BCUT2D eigenvalue weighted by Crippen LogP contribution is 2.36. The Kier molecular flexibility index (Phi) is 4.31. The summed E-state index contributed by atoms with van der Waals surface area (Å²) >= 11 is 0. The monoisotopic (exact) mass is 240 g/mol. The predicted molar refractivity (Wildman–Crippen MR) is 66.9 cm³/mol. The third-order valence-electron chi connectivity index (χ3n) is 3.51.